The lowest BCUT2D eigenvalue weighted by atomic mass is 10.2. The van der Waals surface area contributed by atoms with Crippen molar-refractivity contribution in [3.8, 4) is 0 Å². The van der Waals surface area contributed by atoms with Gasteiger partial charge in [0, 0.05) is 24.9 Å². The molecule has 0 radical (unpaired) electrons. The highest BCUT2D eigenvalue weighted by atomic mass is 32.2. The summed E-state index contributed by atoms with van der Waals surface area (Å²) in [4.78, 5) is 0.345. The topological polar surface area (TPSA) is 74.8 Å². The Morgan fingerprint density at radius 2 is 2.05 bits per heavy atom. The summed E-state index contributed by atoms with van der Waals surface area (Å²) in [5.74, 6) is 0. The van der Waals surface area contributed by atoms with Gasteiger partial charge in [-0.15, -0.1) is 0 Å². The second-order valence-corrected chi connectivity index (χ2v) is 6.23. The molecule has 1 aromatic heterocycles. The van der Waals surface area contributed by atoms with Crippen LogP contribution in [0.4, 0.5) is 0 Å². The van der Waals surface area contributed by atoms with E-state index in [2.05, 4.69) is 14.9 Å². The Balaban J connectivity index is 2.07. The van der Waals surface area contributed by atoms with E-state index in [4.69, 9.17) is 0 Å². The van der Waals surface area contributed by atoms with E-state index in [1.165, 1.54) is 0 Å². The number of H-pyrrole nitrogens is 1. The van der Waals surface area contributed by atoms with Crippen LogP contribution < -0.4 is 4.72 Å². The predicted octanol–water partition coefficient (Wildman–Crippen LogP) is 1.55. The van der Waals surface area contributed by atoms with Gasteiger partial charge in [0.25, 0.3) is 0 Å². The molecule has 0 bridgehead atoms. The summed E-state index contributed by atoms with van der Waals surface area (Å²) < 4.78 is 27.0. The molecule has 1 heterocycles. The molecule has 2 rings (SSSR count). The molecule has 19 heavy (non-hydrogen) atoms. The first-order chi connectivity index (χ1) is 8.99. The molecule has 0 aliphatic heterocycles. The van der Waals surface area contributed by atoms with Crippen molar-refractivity contribution in [3.05, 3.63) is 47.3 Å². The second-order valence-electron chi connectivity index (χ2n) is 4.50. The number of hydrogen-bond donors (Lipinski definition) is 2. The average Bonchev–Trinajstić information content (AvgIpc) is 2.85. The maximum absolute atomic E-state index is 12.2. The molecule has 0 spiro atoms. The molecule has 0 saturated heterocycles. The van der Waals surface area contributed by atoms with Gasteiger partial charge in [0.05, 0.1) is 4.90 Å². The smallest absolute Gasteiger partial charge is 0.240 e. The van der Waals surface area contributed by atoms with Crippen molar-refractivity contribution in [1.82, 2.24) is 14.9 Å². The number of benzene rings is 1. The van der Waals surface area contributed by atoms with Crippen LogP contribution in [0.25, 0.3) is 0 Å². The first-order valence-electron chi connectivity index (χ1n) is 6.04. The van der Waals surface area contributed by atoms with Gasteiger partial charge >= 0.3 is 0 Å². The fourth-order valence-electron chi connectivity index (χ4n) is 1.82. The van der Waals surface area contributed by atoms with Gasteiger partial charge < -0.3 is 0 Å². The molecule has 0 aliphatic carbocycles. The Hall–Kier alpha value is -1.66. The minimum Gasteiger partial charge on any atom is -0.283 e. The SMILES string of the molecule is Cc1ccc(C)c(S(=O)(=O)NCCc2ccn[nH]2)c1. The second kappa shape index (κ2) is 5.54. The summed E-state index contributed by atoms with van der Waals surface area (Å²) in [6.45, 7) is 4.02. The number of sulfonamides is 1. The lowest BCUT2D eigenvalue weighted by Crippen LogP contribution is -2.26. The maximum Gasteiger partial charge on any atom is 0.240 e. The van der Waals surface area contributed by atoms with Crippen molar-refractivity contribution >= 4 is 10.0 Å². The van der Waals surface area contributed by atoms with E-state index >= 15 is 0 Å². The lowest BCUT2D eigenvalue weighted by Gasteiger charge is -2.09. The normalized spacial score (nSPS) is 11.7. The van der Waals surface area contributed by atoms with E-state index in [0.29, 0.717) is 17.9 Å². The summed E-state index contributed by atoms with van der Waals surface area (Å²) in [5.41, 5.74) is 2.59. The molecule has 0 amide bonds. The first-order valence-corrected chi connectivity index (χ1v) is 7.52. The quantitative estimate of drug-likeness (QED) is 0.872. The largest absolute Gasteiger partial charge is 0.283 e. The zero-order valence-electron chi connectivity index (χ0n) is 11.0. The third-order valence-corrected chi connectivity index (χ3v) is 4.48. The minimum atomic E-state index is -3.45. The molecule has 5 nitrogen and oxygen atoms in total. The molecule has 102 valence electrons. The van der Waals surface area contributed by atoms with Crippen LogP contribution in [0.2, 0.25) is 0 Å². The fraction of sp³-hybridized carbons (Fsp3) is 0.308. The zero-order chi connectivity index (χ0) is 13.9. The highest BCUT2D eigenvalue weighted by molar-refractivity contribution is 7.89. The van der Waals surface area contributed by atoms with Crippen molar-refractivity contribution in [2.24, 2.45) is 0 Å². The first kappa shape index (κ1) is 13.8. The molecule has 0 saturated carbocycles. The Labute approximate surface area is 113 Å². The predicted molar refractivity (Wildman–Crippen MR) is 73.4 cm³/mol. The van der Waals surface area contributed by atoms with Crippen LogP contribution in [0.3, 0.4) is 0 Å². The molecule has 0 aliphatic rings. The van der Waals surface area contributed by atoms with Gasteiger partial charge in [-0.3, -0.25) is 5.10 Å². The van der Waals surface area contributed by atoms with Gasteiger partial charge in [0.1, 0.15) is 0 Å². The summed E-state index contributed by atoms with van der Waals surface area (Å²) >= 11 is 0. The van der Waals surface area contributed by atoms with E-state index < -0.39 is 10.0 Å². The molecule has 6 heteroatoms. The molecular formula is C13H17N3O2S. The molecule has 0 fully saturated rings. The summed E-state index contributed by atoms with van der Waals surface area (Å²) in [6, 6.07) is 7.23. The third kappa shape index (κ3) is 3.42. The molecule has 0 atom stereocenters. The Kier molecular flexibility index (Phi) is 4.01. The van der Waals surface area contributed by atoms with Gasteiger partial charge in [-0.05, 0) is 37.1 Å². The van der Waals surface area contributed by atoms with Crippen LogP contribution in [-0.2, 0) is 16.4 Å². The molecule has 2 N–H and O–H groups in total. The zero-order valence-corrected chi connectivity index (χ0v) is 11.8. The number of hydrogen-bond acceptors (Lipinski definition) is 3. The van der Waals surface area contributed by atoms with E-state index in [9.17, 15) is 8.42 Å². The summed E-state index contributed by atoms with van der Waals surface area (Å²) in [7, 11) is -3.45. The van der Waals surface area contributed by atoms with Crippen LogP contribution in [0, 0.1) is 13.8 Å². The van der Waals surface area contributed by atoms with E-state index in [-0.39, 0.29) is 0 Å². The van der Waals surface area contributed by atoms with Crippen LogP contribution in [0.5, 0.6) is 0 Å². The van der Waals surface area contributed by atoms with Gasteiger partial charge in [0.15, 0.2) is 0 Å². The van der Waals surface area contributed by atoms with Crippen molar-refractivity contribution in [1.29, 1.82) is 0 Å². The maximum atomic E-state index is 12.2. The highest BCUT2D eigenvalue weighted by Gasteiger charge is 2.16. The van der Waals surface area contributed by atoms with E-state index in [0.717, 1.165) is 16.8 Å². The van der Waals surface area contributed by atoms with Gasteiger partial charge in [-0.1, -0.05) is 12.1 Å². The highest BCUT2D eigenvalue weighted by Crippen LogP contribution is 2.16. The Morgan fingerprint density at radius 3 is 2.74 bits per heavy atom. The van der Waals surface area contributed by atoms with E-state index in [1.54, 1.807) is 19.2 Å². The van der Waals surface area contributed by atoms with Crippen LogP contribution in [0.15, 0.2) is 35.4 Å². The van der Waals surface area contributed by atoms with Crippen LogP contribution in [0.1, 0.15) is 16.8 Å². The fourth-order valence-corrected chi connectivity index (χ4v) is 3.18. The van der Waals surface area contributed by atoms with Crippen LogP contribution in [-0.4, -0.2) is 25.2 Å². The Morgan fingerprint density at radius 1 is 1.26 bits per heavy atom. The third-order valence-electron chi connectivity index (χ3n) is 2.88. The number of aryl methyl sites for hydroxylation is 2. The molecule has 0 unspecified atom stereocenters. The number of rotatable bonds is 5. The van der Waals surface area contributed by atoms with Gasteiger partial charge in [-0.2, -0.15) is 5.10 Å². The van der Waals surface area contributed by atoms with E-state index in [1.807, 2.05) is 25.1 Å². The number of nitrogens with one attached hydrogen (secondary N) is 2. The van der Waals surface area contributed by atoms with Gasteiger partial charge in [0.2, 0.25) is 10.0 Å². The summed E-state index contributed by atoms with van der Waals surface area (Å²) in [5, 5.41) is 6.62. The molecule has 2 aromatic rings. The lowest BCUT2D eigenvalue weighted by molar-refractivity contribution is 0.580. The standard InChI is InChI=1S/C13H17N3O2S/c1-10-3-4-11(2)13(9-10)19(17,18)15-8-6-12-5-7-14-16-12/h3-5,7,9,15H,6,8H2,1-2H3,(H,14,16). The average molecular weight is 279 g/mol. The van der Waals surface area contributed by atoms with Gasteiger partial charge in [-0.25, -0.2) is 13.1 Å². The van der Waals surface area contributed by atoms with Crippen molar-refractivity contribution < 1.29 is 8.42 Å². The van der Waals surface area contributed by atoms with Crippen LogP contribution >= 0.6 is 0 Å². The number of aromatic nitrogens is 2. The van der Waals surface area contributed by atoms with Crippen molar-refractivity contribution in [3.63, 3.8) is 0 Å². The Bertz CT molecular complexity index is 649. The minimum absolute atomic E-state index is 0.345. The molecule has 1 aromatic carbocycles. The van der Waals surface area contributed by atoms with Crippen molar-refractivity contribution in [2.45, 2.75) is 25.2 Å². The number of nitrogens with zero attached hydrogens (tertiary/aromatic N) is 1. The summed E-state index contributed by atoms with van der Waals surface area (Å²) in [6.07, 6.45) is 2.23. The number of aromatic amines is 1. The molecular weight excluding hydrogens is 262 g/mol. The van der Waals surface area contributed by atoms with Crippen molar-refractivity contribution in [2.75, 3.05) is 6.54 Å². The monoisotopic (exact) mass is 279 g/mol.